The maximum atomic E-state index is 5.32. The summed E-state index contributed by atoms with van der Waals surface area (Å²) in [5.41, 5.74) is 0.349. The quantitative estimate of drug-likeness (QED) is 0.595. The van der Waals surface area contributed by atoms with Crippen molar-refractivity contribution in [2.24, 2.45) is 11.3 Å². The fraction of sp³-hybridized carbons (Fsp3) is 1.00. The van der Waals surface area contributed by atoms with Crippen molar-refractivity contribution >= 4 is 0 Å². The summed E-state index contributed by atoms with van der Waals surface area (Å²) in [5, 5.41) is 3.65. The maximum absolute atomic E-state index is 5.32. The van der Waals surface area contributed by atoms with Gasteiger partial charge >= 0.3 is 0 Å². The predicted molar refractivity (Wildman–Crippen MR) is 89.3 cm³/mol. The maximum Gasteiger partial charge on any atom is 0.0615 e. The highest BCUT2D eigenvalue weighted by Crippen LogP contribution is 2.25. The van der Waals surface area contributed by atoms with Crippen LogP contribution in [-0.4, -0.2) is 50.8 Å². The molecule has 0 saturated heterocycles. The molecular formula is C17H38N2O. The van der Waals surface area contributed by atoms with Crippen molar-refractivity contribution in [2.45, 2.75) is 60.4 Å². The normalized spacial score (nSPS) is 16.6. The van der Waals surface area contributed by atoms with E-state index in [4.69, 9.17) is 4.74 Å². The van der Waals surface area contributed by atoms with Crippen molar-refractivity contribution in [2.75, 3.05) is 39.9 Å². The van der Waals surface area contributed by atoms with Crippen molar-refractivity contribution < 1.29 is 4.74 Å². The van der Waals surface area contributed by atoms with E-state index in [0.717, 1.165) is 38.7 Å². The molecule has 0 aliphatic carbocycles. The summed E-state index contributed by atoms with van der Waals surface area (Å²) in [6.07, 6.45) is 2.52. The summed E-state index contributed by atoms with van der Waals surface area (Å²) < 4.78 is 5.32. The molecule has 0 aliphatic heterocycles. The van der Waals surface area contributed by atoms with Gasteiger partial charge in [0, 0.05) is 26.2 Å². The number of rotatable bonds is 12. The van der Waals surface area contributed by atoms with Gasteiger partial charge in [-0.25, -0.2) is 0 Å². The molecule has 122 valence electrons. The standard InChI is InChI=1S/C17H38N2O/c1-8-10-17(6,13-18-11-15(3)4)14-19(9-2)16(5)12-20-7/h15-16,18H,8-14H2,1-7H3. The first kappa shape index (κ1) is 19.9. The second-order valence-corrected chi connectivity index (χ2v) is 6.95. The zero-order chi connectivity index (χ0) is 15.6. The van der Waals surface area contributed by atoms with E-state index in [0.29, 0.717) is 11.5 Å². The van der Waals surface area contributed by atoms with Gasteiger partial charge in [-0.05, 0) is 37.8 Å². The molecule has 0 fully saturated rings. The fourth-order valence-electron chi connectivity index (χ4n) is 2.91. The second kappa shape index (κ2) is 10.6. The van der Waals surface area contributed by atoms with E-state index in [2.05, 4.69) is 51.8 Å². The van der Waals surface area contributed by atoms with Gasteiger partial charge in [0.05, 0.1) is 6.61 Å². The smallest absolute Gasteiger partial charge is 0.0615 e. The summed E-state index contributed by atoms with van der Waals surface area (Å²) in [6, 6.07) is 0.492. The van der Waals surface area contributed by atoms with Gasteiger partial charge in [-0.15, -0.1) is 0 Å². The van der Waals surface area contributed by atoms with Gasteiger partial charge in [0.25, 0.3) is 0 Å². The van der Waals surface area contributed by atoms with Crippen LogP contribution in [0.2, 0.25) is 0 Å². The summed E-state index contributed by atoms with van der Waals surface area (Å²) in [4.78, 5) is 2.55. The van der Waals surface area contributed by atoms with Crippen LogP contribution in [0.4, 0.5) is 0 Å². The van der Waals surface area contributed by atoms with Crippen LogP contribution in [-0.2, 0) is 4.74 Å². The van der Waals surface area contributed by atoms with Crippen LogP contribution in [0.25, 0.3) is 0 Å². The highest BCUT2D eigenvalue weighted by molar-refractivity contribution is 4.82. The Kier molecular flexibility index (Phi) is 10.5. The van der Waals surface area contributed by atoms with Crippen LogP contribution in [0, 0.1) is 11.3 Å². The molecule has 1 N–H and O–H groups in total. The lowest BCUT2D eigenvalue weighted by atomic mass is 9.84. The Hall–Kier alpha value is -0.120. The van der Waals surface area contributed by atoms with Crippen molar-refractivity contribution in [1.29, 1.82) is 0 Å². The highest BCUT2D eigenvalue weighted by atomic mass is 16.5. The lowest BCUT2D eigenvalue weighted by Crippen LogP contribution is -2.47. The minimum Gasteiger partial charge on any atom is -0.383 e. The lowest BCUT2D eigenvalue weighted by Gasteiger charge is -2.38. The molecule has 0 aromatic heterocycles. The Morgan fingerprint density at radius 3 is 2.30 bits per heavy atom. The molecule has 0 aromatic carbocycles. The number of hydrogen-bond acceptors (Lipinski definition) is 3. The minimum absolute atomic E-state index is 0.349. The number of likely N-dealkylation sites (N-methyl/N-ethyl adjacent to an activating group) is 1. The summed E-state index contributed by atoms with van der Waals surface area (Å²) in [6.45, 7) is 19.0. The summed E-state index contributed by atoms with van der Waals surface area (Å²) in [5.74, 6) is 0.718. The van der Waals surface area contributed by atoms with Crippen molar-refractivity contribution in [1.82, 2.24) is 10.2 Å². The van der Waals surface area contributed by atoms with Gasteiger partial charge in [-0.1, -0.05) is 41.0 Å². The molecule has 20 heavy (non-hydrogen) atoms. The monoisotopic (exact) mass is 286 g/mol. The van der Waals surface area contributed by atoms with Crippen LogP contribution in [0.1, 0.15) is 54.4 Å². The molecule has 0 spiro atoms. The Labute approximate surface area is 127 Å². The highest BCUT2D eigenvalue weighted by Gasteiger charge is 2.27. The van der Waals surface area contributed by atoms with Crippen LogP contribution < -0.4 is 5.32 Å². The SMILES string of the molecule is CCCC(C)(CNCC(C)C)CN(CC)C(C)COC. The predicted octanol–water partition coefficient (Wildman–Crippen LogP) is 3.40. The first-order chi connectivity index (χ1) is 9.38. The molecular weight excluding hydrogens is 248 g/mol. The molecule has 0 radical (unpaired) electrons. The van der Waals surface area contributed by atoms with Crippen molar-refractivity contribution in [3.05, 3.63) is 0 Å². The number of methoxy groups -OCH3 is 1. The molecule has 0 rings (SSSR count). The zero-order valence-corrected chi connectivity index (χ0v) is 15.0. The zero-order valence-electron chi connectivity index (χ0n) is 15.0. The Morgan fingerprint density at radius 2 is 1.85 bits per heavy atom. The minimum atomic E-state index is 0.349. The average Bonchev–Trinajstić information content (AvgIpc) is 2.36. The van der Waals surface area contributed by atoms with Crippen LogP contribution in [0.3, 0.4) is 0 Å². The number of ether oxygens (including phenoxy) is 1. The van der Waals surface area contributed by atoms with E-state index < -0.39 is 0 Å². The third-order valence-corrected chi connectivity index (χ3v) is 3.98. The number of nitrogens with zero attached hydrogens (tertiary/aromatic N) is 1. The molecule has 3 heteroatoms. The van der Waals surface area contributed by atoms with E-state index in [1.807, 2.05) is 0 Å². The van der Waals surface area contributed by atoms with Gasteiger partial charge in [0.1, 0.15) is 0 Å². The first-order valence-electron chi connectivity index (χ1n) is 8.32. The summed E-state index contributed by atoms with van der Waals surface area (Å²) >= 11 is 0. The third kappa shape index (κ3) is 8.23. The van der Waals surface area contributed by atoms with E-state index in [-0.39, 0.29) is 0 Å². The molecule has 0 aromatic rings. The molecule has 2 unspecified atom stereocenters. The van der Waals surface area contributed by atoms with Crippen LogP contribution in [0.5, 0.6) is 0 Å². The Balaban J connectivity index is 4.53. The van der Waals surface area contributed by atoms with E-state index in [9.17, 15) is 0 Å². The topological polar surface area (TPSA) is 24.5 Å². The van der Waals surface area contributed by atoms with Gasteiger partial charge in [0.2, 0.25) is 0 Å². The Bertz CT molecular complexity index is 233. The van der Waals surface area contributed by atoms with Gasteiger partial charge < -0.3 is 10.1 Å². The van der Waals surface area contributed by atoms with Crippen molar-refractivity contribution in [3.8, 4) is 0 Å². The first-order valence-corrected chi connectivity index (χ1v) is 8.32. The second-order valence-electron chi connectivity index (χ2n) is 6.95. The molecule has 0 aliphatic rings. The van der Waals surface area contributed by atoms with Gasteiger partial charge in [-0.3, -0.25) is 4.90 Å². The lowest BCUT2D eigenvalue weighted by molar-refractivity contribution is 0.0671. The van der Waals surface area contributed by atoms with Crippen molar-refractivity contribution in [3.63, 3.8) is 0 Å². The van der Waals surface area contributed by atoms with E-state index >= 15 is 0 Å². The fourth-order valence-corrected chi connectivity index (χ4v) is 2.91. The molecule has 3 nitrogen and oxygen atoms in total. The molecule has 0 bridgehead atoms. The molecule has 0 saturated carbocycles. The number of hydrogen-bond donors (Lipinski definition) is 1. The van der Waals surface area contributed by atoms with Crippen LogP contribution >= 0.6 is 0 Å². The van der Waals surface area contributed by atoms with Gasteiger partial charge in [0.15, 0.2) is 0 Å². The molecule has 0 amide bonds. The average molecular weight is 287 g/mol. The van der Waals surface area contributed by atoms with E-state index in [1.165, 1.54) is 12.8 Å². The number of nitrogens with one attached hydrogen (secondary N) is 1. The summed E-state index contributed by atoms with van der Waals surface area (Å²) in [7, 11) is 1.79. The molecule has 2 atom stereocenters. The third-order valence-electron chi connectivity index (χ3n) is 3.98. The van der Waals surface area contributed by atoms with E-state index in [1.54, 1.807) is 7.11 Å². The molecule has 0 heterocycles. The van der Waals surface area contributed by atoms with Crippen LogP contribution in [0.15, 0.2) is 0 Å². The largest absolute Gasteiger partial charge is 0.383 e. The Morgan fingerprint density at radius 1 is 1.20 bits per heavy atom. The van der Waals surface area contributed by atoms with Gasteiger partial charge in [-0.2, -0.15) is 0 Å².